The van der Waals surface area contributed by atoms with Crippen molar-refractivity contribution < 1.29 is 21.1 Å². The van der Waals surface area contributed by atoms with Gasteiger partial charge in [-0.2, -0.15) is 17.7 Å². The van der Waals surface area contributed by atoms with E-state index >= 15 is 0 Å². The minimum atomic E-state index is 0. The third kappa shape index (κ3) is 3.77. The van der Waals surface area contributed by atoms with Crippen molar-refractivity contribution in [2.45, 2.75) is 6.92 Å². The molecule has 0 amide bonds. The molecule has 1 rings (SSSR count). The molecule has 0 N–H and O–H groups in total. The van der Waals surface area contributed by atoms with Crippen LogP contribution in [0.5, 0.6) is 0 Å². The Bertz CT molecular complexity index is 237. The van der Waals surface area contributed by atoms with Crippen LogP contribution in [0.3, 0.4) is 0 Å². The second-order valence-corrected chi connectivity index (χ2v) is 5.25. The van der Waals surface area contributed by atoms with Gasteiger partial charge in [0.25, 0.3) is 0 Å². The minimum Gasteiger partial charge on any atom is -0.165 e. The van der Waals surface area contributed by atoms with Crippen molar-refractivity contribution in [3.63, 3.8) is 0 Å². The Morgan fingerprint density at radius 3 is 2.27 bits per heavy atom. The molecule has 4 heteroatoms. The SMILES string of the molecule is Cc1[c-]c(I)c(I)c(I)c1.[W]. The molecular weight excluding hydrogens is 649 g/mol. The van der Waals surface area contributed by atoms with Crippen LogP contribution in [0.1, 0.15) is 5.56 Å². The van der Waals surface area contributed by atoms with Gasteiger partial charge >= 0.3 is 0 Å². The molecule has 0 saturated carbocycles. The molecule has 1 aromatic rings. The maximum Gasteiger partial charge on any atom is 0 e. The summed E-state index contributed by atoms with van der Waals surface area (Å²) >= 11 is 6.99. The Morgan fingerprint density at radius 2 is 1.82 bits per heavy atom. The van der Waals surface area contributed by atoms with Gasteiger partial charge in [0, 0.05) is 21.1 Å². The van der Waals surface area contributed by atoms with Crippen molar-refractivity contribution in [2.24, 2.45) is 0 Å². The van der Waals surface area contributed by atoms with Crippen molar-refractivity contribution >= 4 is 67.8 Å². The fourth-order valence-electron chi connectivity index (χ4n) is 0.622. The van der Waals surface area contributed by atoms with Crippen LogP contribution in [0.2, 0.25) is 0 Å². The van der Waals surface area contributed by atoms with Crippen LogP contribution in [-0.4, -0.2) is 0 Å². The fourth-order valence-corrected chi connectivity index (χ4v) is 2.88. The summed E-state index contributed by atoms with van der Waals surface area (Å²) in [4.78, 5) is 0. The van der Waals surface area contributed by atoms with E-state index in [9.17, 15) is 0 Å². The first-order chi connectivity index (χ1) is 4.61. The van der Waals surface area contributed by atoms with Gasteiger partial charge in [-0.1, -0.05) is 62.8 Å². The van der Waals surface area contributed by atoms with Gasteiger partial charge in [-0.3, -0.25) is 0 Å². The van der Waals surface area contributed by atoms with Crippen LogP contribution >= 0.6 is 67.8 Å². The van der Waals surface area contributed by atoms with E-state index in [0.29, 0.717) is 0 Å². The van der Waals surface area contributed by atoms with E-state index in [1.165, 1.54) is 16.3 Å². The molecule has 0 nitrogen and oxygen atoms in total. The summed E-state index contributed by atoms with van der Waals surface area (Å²) in [6.45, 7) is 2.07. The summed E-state index contributed by atoms with van der Waals surface area (Å²) in [5.41, 5.74) is 1.22. The van der Waals surface area contributed by atoms with Crippen LogP contribution in [0.15, 0.2) is 6.07 Å². The summed E-state index contributed by atoms with van der Waals surface area (Å²) < 4.78 is 3.85. The Kier molecular flexibility index (Phi) is 6.85. The molecule has 0 atom stereocenters. The molecule has 0 radical (unpaired) electrons. The Labute approximate surface area is 122 Å². The van der Waals surface area contributed by atoms with Crippen molar-refractivity contribution in [2.75, 3.05) is 0 Å². The second-order valence-electron chi connectivity index (χ2n) is 1.93. The minimum absolute atomic E-state index is 0. The van der Waals surface area contributed by atoms with Crippen molar-refractivity contribution in [3.05, 3.63) is 28.4 Å². The van der Waals surface area contributed by atoms with Crippen molar-refractivity contribution in [1.29, 1.82) is 0 Å². The molecule has 1 aromatic carbocycles. The monoisotopic (exact) mass is 653 g/mol. The van der Waals surface area contributed by atoms with Crippen LogP contribution in [-0.2, 0) is 21.1 Å². The molecule has 0 aliphatic rings. The number of halogens is 3. The zero-order valence-electron chi connectivity index (χ0n) is 5.62. The van der Waals surface area contributed by atoms with E-state index < -0.39 is 0 Å². The molecule has 0 spiro atoms. The molecule has 11 heavy (non-hydrogen) atoms. The van der Waals surface area contributed by atoms with Gasteiger partial charge in [0.1, 0.15) is 0 Å². The average molecular weight is 653 g/mol. The first kappa shape index (κ1) is 13.1. The van der Waals surface area contributed by atoms with E-state index in [1.807, 2.05) is 0 Å². The molecule has 0 fully saturated rings. The molecule has 60 valence electrons. The predicted octanol–water partition coefficient (Wildman–Crippen LogP) is 3.61. The third-order valence-electron chi connectivity index (χ3n) is 1.05. The third-order valence-corrected chi connectivity index (χ3v) is 5.90. The van der Waals surface area contributed by atoms with E-state index in [-0.39, 0.29) is 21.1 Å². The number of hydrogen-bond acceptors (Lipinski definition) is 0. The van der Waals surface area contributed by atoms with Crippen molar-refractivity contribution in [1.82, 2.24) is 0 Å². The van der Waals surface area contributed by atoms with Gasteiger partial charge < -0.3 is 0 Å². The molecule has 0 unspecified atom stereocenters. The maximum absolute atomic E-state index is 3.25. The average Bonchev–Trinajstić information content (AvgIpc) is 1.82. The topological polar surface area (TPSA) is 0 Å². The molecule has 0 aliphatic heterocycles. The molecule has 0 heterocycles. The van der Waals surface area contributed by atoms with Gasteiger partial charge in [-0.05, 0) is 0 Å². The van der Waals surface area contributed by atoms with E-state index in [4.69, 9.17) is 0 Å². The van der Waals surface area contributed by atoms with Gasteiger partial charge in [0.15, 0.2) is 0 Å². The second kappa shape index (κ2) is 5.75. The van der Waals surface area contributed by atoms with Gasteiger partial charge in [0.2, 0.25) is 0 Å². The van der Waals surface area contributed by atoms with E-state index in [1.54, 1.807) is 0 Å². The zero-order valence-corrected chi connectivity index (χ0v) is 15.0. The first-order valence-corrected chi connectivity index (χ1v) is 5.88. The van der Waals surface area contributed by atoms with Gasteiger partial charge in [-0.25, -0.2) is 0 Å². The number of rotatable bonds is 0. The summed E-state index contributed by atoms with van der Waals surface area (Å²) in [7, 11) is 0. The molecule has 0 aliphatic carbocycles. The molecule has 0 saturated heterocycles. The first-order valence-electron chi connectivity index (χ1n) is 2.64. The smallest absolute Gasteiger partial charge is 0 e. The van der Waals surface area contributed by atoms with Gasteiger partial charge in [0.05, 0.1) is 0 Å². The predicted molar refractivity (Wildman–Crippen MR) is 68.2 cm³/mol. The number of benzene rings is 1. The van der Waals surface area contributed by atoms with Crippen LogP contribution in [0.4, 0.5) is 0 Å². The number of hydrogen-bond donors (Lipinski definition) is 0. The fraction of sp³-hybridized carbons (Fsp3) is 0.143. The molecule has 0 aromatic heterocycles. The quantitative estimate of drug-likeness (QED) is 0.229. The zero-order chi connectivity index (χ0) is 7.72. The van der Waals surface area contributed by atoms with Gasteiger partial charge in [-0.15, -0.1) is 22.6 Å². The number of aryl methyl sites for hydroxylation is 1. The molecular formula is C7H4I3W-. The molecule has 0 bridgehead atoms. The standard InChI is InChI=1S/C7H4I3.W/c1-4-2-5(8)7(10)6(9)3-4;/h2H,1H3;/q-1;. The van der Waals surface area contributed by atoms with Crippen LogP contribution in [0.25, 0.3) is 0 Å². The van der Waals surface area contributed by atoms with Crippen molar-refractivity contribution in [3.8, 4) is 0 Å². The van der Waals surface area contributed by atoms with Crippen LogP contribution in [0, 0.1) is 23.7 Å². The summed E-state index contributed by atoms with van der Waals surface area (Å²) in [5.74, 6) is 0. The normalized spacial score (nSPS) is 9.09. The Morgan fingerprint density at radius 1 is 1.27 bits per heavy atom. The summed E-state index contributed by atoms with van der Waals surface area (Å²) in [6, 6.07) is 5.40. The maximum atomic E-state index is 3.25. The Hall–Kier alpha value is 2.10. The van der Waals surface area contributed by atoms with E-state index in [2.05, 4.69) is 86.8 Å². The van der Waals surface area contributed by atoms with E-state index in [0.717, 1.165) is 0 Å². The Balaban J connectivity index is 0.000001000. The van der Waals surface area contributed by atoms with Crippen LogP contribution < -0.4 is 0 Å². The summed E-state index contributed by atoms with van der Waals surface area (Å²) in [6.07, 6.45) is 0. The largest absolute Gasteiger partial charge is 0.165 e. The summed E-state index contributed by atoms with van der Waals surface area (Å²) in [5, 5.41) is 0.